The maximum Gasteiger partial charge on any atom is 0.438 e. The van der Waals surface area contributed by atoms with Crippen molar-refractivity contribution in [3.8, 4) is 0 Å². The van der Waals surface area contributed by atoms with Crippen LogP contribution in [0.4, 0.5) is 19.0 Å². The number of hydrogen-bond donors (Lipinski definition) is 1. The number of aliphatic hydroxyl groups is 1. The first kappa shape index (κ1) is 17.8. The molecule has 0 fully saturated rings. The number of nitrogens with zero attached hydrogens (tertiary/aromatic N) is 5. The van der Waals surface area contributed by atoms with Crippen LogP contribution in [0.1, 0.15) is 19.0 Å². The normalized spacial score (nSPS) is 22.0. The second-order valence-electron chi connectivity index (χ2n) is 5.45. The molecule has 0 radical (unpaired) electrons. The first-order valence-corrected chi connectivity index (χ1v) is 6.82. The fourth-order valence-electron chi connectivity index (χ4n) is 2.22. The largest absolute Gasteiger partial charge is 0.438 e. The zero-order valence-electron chi connectivity index (χ0n) is 12.7. The molecule has 1 aromatic rings. The Morgan fingerprint density at radius 2 is 2.21 bits per heavy atom. The van der Waals surface area contributed by atoms with Crippen molar-refractivity contribution in [1.29, 1.82) is 0 Å². The molecule has 0 aliphatic carbocycles. The lowest BCUT2D eigenvalue weighted by Gasteiger charge is -2.33. The summed E-state index contributed by atoms with van der Waals surface area (Å²) >= 11 is 0. The summed E-state index contributed by atoms with van der Waals surface area (Å²) in [6, 6.07) is 1.18. The number of hydrazone groups is 1. The van der Waals surface area contributed by atoms with Gasteiger partial charge in [0.05, 0.1) is 29.3 Å². The zero-order valence-corrected chi connectivity index (χ0v) is 12.7. The smallest absolute Gasteiger partial charge is 0.362 e. The van der Waals surface area contributed by atoms with E-state index in [9.17, 15) is 33.2 Å². The van der Waals surface area contributed by atoms with Crippen LogP contribution in [0.15, 0.2) is 11.2 Å². The molecule has 9 nitrogen and oxygen atoms in total. The van der Waals surface area contributed by atoms with E-state index in [1.807, 2.05) is 0 Å². The zero-order chi connectivity index (χ0) is 18.3. The minimum Gasteiger partial charge on any atom is -0.362 e. The van der Waals surface area contributed by atoms with Crippen molar-refractivity contribution in [1.82, 2.24) is 14.8 Å². The Hall–Kier alpha value is -2.50. The third-order valence-electron chi connectivity index (χ3n) is 3.61. The number of nitro groups is 1. The van der Waals surface area contributed by atoms with Crippen molar-refractivity contribution >= 4 is 17.9 Å². The molecular formula is C12H14F3N5O4. The molecule has 0 saturated heterocycles. The lowest BCUT2D eigenvalue weighted by atomic mass is 10.1. The van der Waals surface area contributed by atoms with E-state index in [1.165, 1.54) is 19.9 Å². The quantitative estimate of drug-likeness (QED) is 0.648. The van der Waals surface area contributed by atoms with Crippen molar-refractivity contribution in [2.75, 3.05) is 0 Å². The molecule has 0 saturated carbocycles. The molecule has 1 N–H and O–H groups in total. The van der Waals surface area contributed by atoms with Crippen LogP contribution in [0.3, 0.4) is 0 Å². The van der Waals surface area contributed by atoms with Crippen LogP contribution in [0.5, 0.6) is 0 Å². The summed E-state index contributed by atoms with van der Waals surface area (Å²) in [5, 5.41) is 27.4. The van der Waals surface area contributed by atoms with Crippen LogP contribution >= 0.6 is 0 Å². The van der Waals surface area contributed by atoms with Gasteiger partial charge in [0.15, 0.2) is 0 Å². The fourth-order valence-corrected chi connectivity index (χ4v) is 2.22. The van der Waals surface area contributed by atoms with Gasteiger partial charge in [0.25, 0.3) is 5.72 Å². The van der Waals surface area contributed by atoms with Gasteiger partial charge >= 0.3 is 12.0 Å². The molecular weight excluding hydrogens is 335 g/mol. The number of halogens is 3. The first-order chi connectivity index (χ1) is 11.0. The van der Waals surface area contributed by atoms with E-state index in [2.05, 4.69) is 10.2 Å². The highest BCUT2D eigenvalue weighted by Gasteiger charge is 2.61. The molecule has 24 heavy (non-hydrogen) atoms. The molecule has 1 aliphatic heterocycles. The van der Waals surface area contributed by atoms with Crippen LogP contribution in [0, 0.1) is 23.0 Å². The average molecular weight is 349 g/mol. The van der Waals surface area contributed by atoms with Gasteiger partial charge in [-0.3, -0.25) is 4.79 Å². The van der Waals surface area contributed by atoms with Crippen molar-refractivity contribution in [3.63, 3.8) is 0 Å². The molecule has 132 valence electrons. The number of rotatable bonds is 4. The van der Waals surface area contributed by atoms with Gasteiger partial charge in [-0.05, 0) is 11.8 Å². The maximum absolute atomic E-state index is 13.0. The highest BCUT2D eigenvalue weighted by molar-refractivity contribution is 5.82. The highest BCUT2D eigenvalue weighted by Crippen LogP contribution is 2.39. The number of alkyl halides is 3. The van der Waals surface area contributed by atoms with Gasteiger partial charge in [-0.2, -0.15) is 28.0 Å². The Kier molecular flexibility index (Phi) is 4.35. The standard InChI is InChI=1S/C12H14F3N5O4/c1-7(6-18-8(2)5-9(17-18)20(23)24)10(21)19-11(22,3-4-16-19)12(13,14)15/h4-5,7,22H,3,6H2,1-2H3/t7-,11+/m1/s1. The summed E-state index contributed by atoms with van der Waals surface area (Å²) in [6.45, 7) is 2.63. The summed E-state index contributed by atoms with van der Waals surface area (Å²) < 4.78 is 40.1. The minimum absolute atomic E-state index is 0.00487. The van der Waals surface area contributed by atoms with E-state index in [4.69, 9.17) is 0 Å². The van der Waals surface area contributed by atoms with Crippen LogP contribution in [-0.2, 0) is 11.3 Å². The Labute approximate surface area is 133 Å². The number of hydrogen-bond acceptors (Lipinski definition) is 6. The second-order valence-corrected chi connectivity index (χ2v) is 5.45. The molecule has 0 aromatic carbocycles. The van der Waals surface area contributed by atoms with Crippen LogP contribution in [-0.4, -0.2) is 48.8 Å². The van der Waals surface area contributed by atoms with Gasteiger partial charge in [0, 0.05) is 12.6 Å². The monoisotopic (exact) mass is 349 g/mol. The summed E-state index contributed by atoms with van der Waals surface area (Å²) in [5.74, 6) is -2.55. The highest BCUT2D eigenvalue weighted by atomic mass is 19.4. The number of carbonyl (C=O) groups excluding carboxylic acids is 1. The Morgan fingerprint density at radius 1 is 1.58 bits per heavy atom. The van der Waals surface area contributed by atoms with Crippen LogP contribution < -0.4 is 0 Å². The summed E-state index contributed by atoms with van der Waals surface area (Å²) in [5.41, 5.74) is -3.01. The second kappa shape index (κ2) is 5.85. The fraction of sp³-hybridized carbons (Fsp3) is 0.583. The summed E-state index contributed by atoms with van der Waals surface area (Å²) in [6.07, 6.45) is -5.12. The Balaban J connectivity index is 2.18. The molecule has 2 heterocycles. The third-order valence-corrected chi connectivity index (χ3v) is 3.61. The van der Waals surface area contributed by atoms with Crippen LogP contribution in [0.25, 0.3) is 0 Å². The van der Waals surface area contributed by atoms with E-state index in [-0.39, 0.29) is 11.6 Å². The van der Waals surface area contributed by atoms with Gasteiger partial charge in [0.2, 0.25) is 5.91 Å². The topological polar surface area (TPSA) is 114 Å². The van der Waals surface area contributed by atoms with E-state index in [1.54, 1.807) is 0 Å². The number of amides is 1. The van der Waals surface area contributed by atoms with Crippen molar-refractivity contribution in [3.05, 3.63) is 21.9 Å². The Bertz CT molecular complexity index is 701. The van der Waals surface area contributed by atoms with Gasteiger partial charge in [-0.25, -0.2) is 0 Å². The molecule has 0 unspecified atom stereocenters. The molecule has 1 amide bonds. The molecule has 1 aromatic heterocycles. The van der Waals surface area contributed by atoms with Crippen molar-refractivity contribution in [2.45, 2.75) is 38.7 Å². The Morgan fingerprint density at radius 3 is 2.71 bits per heavy atom. The van der Waals surface area contributed by atoms with Gasteiger partial charge in [-0.1, -0.05) is 6.92 Å². The number of carbonyl (C=O) groups is 1. The first-order valence-electron chi connectivity index (χ1n) is 6.82. The summed E-state index contributed by atoms with van der Waals surface area (Å²) in [4.78, 5) is 22.2. The SMILES string of the molecule is Cc1cc([N+](=O)[O-])nn1C[C@@H](C)C(=O)N1N=CC[C@]1(O)C(F)(F)F. The molecule has 2 rings (SSSR count). The lowest BCUT2D eigenvalue weighted by molar-refractivity contribution is -0.389. The van der Waals surface area contributed by atoms with Crippen molar-refractivity contribution < 1.29 is 28.0 Å². The van der Waals surface area contributed by atoms with Gasteiger partial charge in [0.1, 0.15) is 0 Å². The lowest BCUT2D eigenvalue weighted by Crippen LogP contribution is -2.57. The summed E-state index contributed by atoms with van der Waals surface area (Å²) in [7, 11) is 0. The minimum atomic E-state index is -5.07. The molecule has 0 spiro atoms. The van der Waals surface area contributed by atoms with Crippen LogP contribution in [0.2, 0.25) is 0 Å². The average Bonchev–Trinajstić information content (AvgIpc) is 3.02. The van der Waals surface area contributed by atoms with Crippen molar-refractivity contribution in [2.24, 2.45) is 11.0 Å². The molecule has 1 aliphatic rings. The van der Waals surface area contributed by atoms with E-state index in [0.29, 0.717) is 5.69 Å². The molecule has 0 bridgehead atoms. The van der Waals surface area contributed by atoms with E-state index >= 15 is 0 Å². The predicted octanol–water partition coefficient (Wildman–Crippen LogP) is 1.20. The molecule has 2 atom stereocenters. The number of aromatic nitrogens is 2. The van der Waals surface area contributed by atoms with E-state index < -0.39 is 40.9 Å². The molecule has 12 heteroatoms. The predicted molar refractivity (Wildman–Crippen MR) is 73.7 cm³/mol. The maximum atomic E-state index is 13.0. The van der Waals surface area contributed by atoms with E-state index in [0.717, 1.165) is 10.9 Å². The van der Waals surface area contributed by atoms with Gasteiger partial charge in [-0.15, -0.1) is 0 Å². The third kappa shape index (κ3) is 2.96. The van der Waals surface area contributed by atoms with Gasteiger partial charge < -0.3 is 15.2 Å². The number of aryl methyl sites for hydroxylation is 1.